The Kier molecular flexibility index (Phi) is 4.42. The van der Waals surface area contributed by atoms with Gasteiger partial charge in [-0.2, -0.15) is 0 Å². The maximum atomic E-state index is 8.99. The summed E-state index contributed by atoms with van der Waals surface area (Å²) >= 11 is 1.62. The highest BCUT2D eigenvalue weighted by atomic mass is 32.1. The summed E-state index contributed by atoms with van der Waals surface area (Å²) in [5.41, 5.74) is 9.95. The Balaban J connectivity index is 2.41. The van der Waals surface area contributed by atoms with Crippen LogP contribution in [0.2, 0.25) is 0 Å². The molecule has 2 rings (SSSR count). The van der Waals surface area contributed by atoms with E-state index in [2.05, 4.69) is 15.1 Å². The summed E-state index contributed by atoms with van der Waals surface area (Å²) < 4.78 is 0. The van der Waals surface area contributed by atoms with Crippen LogP contribution in [0.25, 0.3) is 0 Å². The fourth-order valence-electron chi connectivity index (χ4n) is 2.28. The number of aromatic nitrogens is 2. The minimum absolute atomic E-state index is 0.0660. The number of amidine groups is 1. The Bertz CT molecular complexity index is 680. The van der Waals surface area contributed by atoms with Crippen molar-refractivity contribution in [3.05, 3.63) is 39.1 Å². The van der Waals surface area contributed by atoms with Gasteiger partial charge in [0.05, 0.1) is 34.2 Å². The summed E-state index contributed by atoms with van der Waals surface area (Å²) in [5.74, 6) is 0.0660. The lowest BCUT2D eigenvalue weighted by Crippen LogP contribution is -2.24. The number of pyridine rings is 1. The molecular weight excluding hydrogens is 286 g/mol. The third-order valence-electron chi connectivity index (χ3n) is 3.15. The van der Waals surface area contributed by atoms with Gasteiger partial charge in [0.25, 0.3) is 0 Å². The first-order chi connectivity index (χ1) is 9.92. The molecule has 6 nitrogen and oxygen atoms in total. The van der Waals surface area contributed by atoms with Gasteiger partial charge < -0.3 is 15.8 Å². The average molecular weight is 305 g/mol. The molecule has 2 aromatic rings. The molecule has 0 amide bonds. The molecule has 0 aromatic carbocycles. The second-order valence-corrected chi connectivity index (χ2v) is 6.00. The summed E-state index contributed by atoms with van der Waals surface area (Å²) in [6, 6.07) is 1.93. The van der Waals surface area contributed by atoms with Crippen LogP contribution in [0.15, 0.2) is 16.6 Å². The van der Waals surface area contributed by atoms with Crippen LogP contribution in [-0.4, -0.2) is 28.1 Å². The van der Waals surface area contributed by atoms with Crippen molar-refractivity contribution in [3.8, 4) is 0 Å². The molecule has 2 aromatic heterocycles. The third kappa shape index (κ3) is 3.30. The van der Waals surface area contributed by atoms with Crippen LogP contribution in [0, 0.1) is 20.8 Å². The minimum atomic E-state index is 0.0660. The maximum Gasteiger partial charge on any atom is 0.174 e. The SMILES string of the molecule is Cc1cc(N(C)Cc2csc(C)n2)c(/C(N)=N/O)c(C)n1. The van der Waals surface area contributed by atoms with E-state index >= 15 is 0 Å². The Hall–Kier alpha value is -2.15. The summed E-state index contributed by atoms with van der Waals surface area (Å²) in [5, 5.41) is 15.2. The first kappa shape index (κ1) is 15.2. The molecular formula is C14H19N5OS. The van der Waals surface area contributed by atoms with E-state index in [9.17, 15) is 0 Å². The molecule has 112 valence electrons. The molecule has 21 heavy (non-hydrogen) atoms. The van der Waals surface area contributed by atoms with E-state index in [0.717, 1.165) is 27.8 Å². The van der Waals surface area contributed by atoms with Gasteiger partial charge in [-0.25, -0.2) is 4.98 Å². The van der Waals surface area contributed by atoms with Crippen molar-refractivity contribution >= 4 is 22.9 Å². The summed E-state index contributed by atoms with van der Waals surface area (Å²) in [7, 11) is 1.96. The molecule has 0 bridgehead atoms. The van der Waals surface area contributed by atoms with Gasteiger partial charge in [-0.1, -0.05) is 5.16 Å². The number of rotatable bonds is 4. The molecule has 0 aliphatic carbocycles. The van der Waals surface area contributed by atoms with Crippen molar-refractivity contribution in [2.24, 2.45) is 10.9 Å². The quantitative estimate of drug-likeness (QED) is 0.391. The zero-order valence-electron chi connectivity index (χ0n) is 12.6. The zero-order chi connectivity index (χ0) is 15.6. The topological polar surface area (TPSA) is 87.6 Å². The van der Waals surface area contributed by atoms with Crippen molar-refractivity contribution in [1.82, 2.24) is 9.97 Å². The van der Waals surface area contributed by atoms with E-state index in [4.69, 9.17) is 10.9 Å². The first-order valence-corrected chi connectivity index (χ1v) is 7.38. The molecule has 7 heteroatoms. The molecule has 0 radical (unpaired) electrons. The summed E-state index contributed by atoms with van der Waals surface area (Å²) in [6.07, 6.45) is 0. The van der Waals surface area contributed by atoms with E-state index in [0.29, 0.717) is 12.1 Å². The number of oxime groups is 1. The highest BCUT2D eigenvalue weighted by Gasteiger charge is 2.16. The lowest BCUT2D eigenvalue weighted by Gasteiger charge is -2.22. The van der Waals surface area contributed by atoms with Crippen LogP contribution >= 0.6 is 11.3 Å². The zero-order valence-corrected chi connectivity index (χ0v) is 13.4. The van der Waals surface area contributed by atoms with Crippen LogP contribution in [0.1, 0.15) is 27.7 Å². The van der Waals surface area contributed by atoms with Crippen LogP contribution in [0.4, 0.5) is 5.69 Å². The number of anilines is 1. The lowest BCUT2D eigenvalue weighted by atomic mass is 10.1. The molecule has 0 aliphatic heterocycles. The van der Waals surface area contributed by atoms with E-state index in [-0.39, 0.29) is 5.84 Å². The predicted molar refractivity (Wildman–Crippen MR) is 85.2 cm³/mol. The number of thiazole rings is 1. The monoisotopic (exact) mass is 305 g/mol. The van der Waals surface area contributed by atoms with Gasteiger partial charge in [0.1, 0.15) is 0 Å². The van der Waals surface area contributed by atoms with E-state index in [1.54, 1.807) is 11.3 Å². The summed E-state index contributed by atoms with van der Waals surface area (Å²) in [6.45, 7) is 6.41. The Morgan fingerprint density at radius 2 is 2.10 bits per heavy atom. The fourth-order valence-corrected chi connectivity index (χ4v) is 2.89. The molecule has 0 unspecified atom stereocenters. The van der Waals surface area contributed by atoms with E-state index in [1.165, 1.54) is 0 Å². The lowest BCUT2D eigenvalue weighted by molar-refractivity contribution is 0.318. The largest absolute Gasteiger partial charge is 0.409 e. The fraction of sp³-hybridized carbons (Fsp3) is 0.357. The molecule has 0 aliphatic rings. The van der Waals surface area contributed by atoms with Gasteiger partial charge in [-0.3, -0.25) is 4.98 Å². The number of hydrogen-bond donors (Lipinski definition) is 2. The Labute approximate surface area is 128 Å². The maximum absolute atomic E-state index is 8.99. The van der Waals surface area contributed by atoms with Crippen LogP contribution in [-0.2, 0) is 6.54 Å². The third-order valence-corrected chi connectivity index (χ3v) is 3.97. The highest BCUT2D eigenvalue weighted by molar-refractivity contribution is 7.09. The van der Waals surface area contributed by atoms with Gasteiger partial charge >= 0.3 is 0 Å². The van der Waals surface area contributed by atoms with Crippen molar-refractivity contribution in [2.75, 3.05) is 11.9 Å². The minimum Gasteiger partial charge on any atom is -0.409 e. The molecule has 2 heterocycles. The van der Waals surface area contributed by atoms with Crippen LogP contribution < -0.4 is 10.6 Å². The van der Waals surface area contributed by atoms with Gasteiger partial charge in [-0.15, -0.1) is 11.3 Å². The van der Waals surface area contributed by atoms with Gasteiger partial charge in [0, 0.05) is 18.1 Å². The molecule has 0 saturated heterocycles. The number of hydrogen-bond acceptors (Lipinski definition) is 6. The number of nitrogens with zero attached hydrogens (tertiary/aromatic N) is 4. The first-order valence-electron chi connectivity index (χ1n) is 6.50. The molecule has 0 fully saturated rings. The normalized spacial score (nSPS) is 11.7. The molecule has 0 atom stereocenters. The van der Waals surface area contributed by atoms with Gasteiger partial charge in [0.15, 0.2) is 5.84 Å². The molecule has 0 saturated carbocycles. The second kappa shape index (κ2) is 6.09. The molecule has 3 N–H and O–H groups in total. The average Bonchev–Trinajstić information content (AvgIpc) is 2.82. The van der Waals surface area contributed by atoms with Crippen molar-refractivity contribution < 1.29 is 5.21 Å². The van der Waals surface area contributed by atoms with Crippen molar-refractivity contribution in [3.63, 3.8) is 0 Å². The standard InChI is InChI=1S/C14H19N5OS/c1-8-5-12(13(9(2)16-8)14(15)18-20)19(4)6-11-7-21-10(3)17-11/h5,7,20H,6H2,1-4H3,(H2,15,18). The van der Waals surface area contributed by atoms with Gasteiger partial charge in [0.2, 0.25) is 0 Å². The molecule has 0 spiro atoms. The Morgan fingerprint density at radius 1 is 1.38 bits per heavy atom. The predicted octanol–water partition coefficient (Wildman–Crippen LogP) is 2.19. The van der Waals surface area contributed by atoms with Crippen molar-refractivity contribution in [2.45, 2.75) is 27.3 Å². The van der Waals surface area contributed by atoms with E-state index in [1.807, 2.05) is 44.2 Å². The van der Waals surface area contributed by atoms with Crippen molar-refractivity contribution in [1.29, 1.82) is 0 Å². The smallest absolute Gasteiger partial charge is 0.174 e. The highest BCUT2D eigenvalue weighted by Crippen LogP contribution is 2.24. The number of nitrogens with two attached hydrogens (primary N) is 1. The van der Waals surface area contributed by atoms with Crippen LogP contribution in [0.5, 0.6) is 0 Å². The van der Waals surface area contributed by atoms with Gasteiger partial charge in [-0.05, 0) is 26.8 Å². The second-order valence-electron chi connectivity index (χ2n) is 4.94. The summed E-state index contributed by atoms with van der Waals surface area (Å²) in [4.78, 5) is 10.9. The van der Waals surface area contributed by atoms with Crippen LogP contribution in [0.3, 0.4) is 0 Å². The Morgan fingerprint density at radius 3 is 2.67 bits per heavy atom. The van der Waals surface area contributed by atoms with E-state index < -0.39 is 0 Å². The number of aryl methyl sites for hydroxylation is 3.